The summed E-state index contributed by atoms with van der Waals surface area (Å²) in [4.78, 5) is 10.2. The van der Waals surface area contributed by atoms with Crippen LogP contribution in [0.25, 0.3) is 0 Å². The van der Waals surface area contributed by atoms with Crippen molar-refractivity contribution in [2.75, 3.05) is 6.54 Å². The Morgan fingerprint density at radius 3 is 2.67 bits per heavy atom. The lowest BCUT2D eigenvalue weighted by Gasteiger charge is -2.24. The smallest absolute Gasteiger partial charge is 0.270 e. The van der Waals surface area contributed by atoms with Gasteiger partial charge in [0.05, 0.1) is 10.5 Å². The molecule has 6 nitrogen and oxygen atoms in total. The van der Waals surface area contributed by atoms with E-state index >= 15 is 0 Å². The number of benzene rings is 1. The molecule has 118 valence electrons. The fourth-order valence-corrected chi connectivity index (χ4v) is 1.98. The van der Waals surface area contributed by atoms with Crippen molar-refractivity contribution in [1.29, 1.82) is 0 Å². The topological polar surface area (TPSA) is 95.6 Å². The number of phenolic OH excluding ortho intramolecular Hbond substituents is 1. The van der Waals surface area contributed by atoms with Crippen LogP contribution in [0, 0.1) is 16.0 Å². The average molecular weight is 296 g/mol. The van der Waals surface area contributed by atoms with Crippen molar-refractivity contribution in [2.24, 2.45) is 5.92 Å². The van der Waals surface area contributed by atoms with Crippen LogP contribution >= 0.6 is 0 Å². The van der Waals surface area contributed by atoms with Gasteiger partial charge in [0.2, 0.25) is 0 Å². The zero-order valence-electron chi connectivity index (χ0n) is 12.8. The van der Waals surface area contributed by atoms with E-state index in [4.69, 9.17) is 0 Å². The van der Waals surface area contributed by atoms with E-state index in [1.807, 2.05) is 0 Å². The zero-order chi connectivity index (χ0) is 16.0. The Labute approximate surface area is 125 Å². The molecule has 1 unspecified atom stereocenters. The second kappa shape index (κ2) is 7.38. The van der Waals surface area contributed by atoms with Crippen LogP contribution in [-0.4, -0.2) is 27.3 Å². The lowest BCUT2D eigenvalue weighted by atomic mass is 9.95. The van der Waals surface area contributed by atoms with Gasteiger partial charge in [0.15, 0.2) is 0 Å². The summed E-state index contributed by atoms with van der Waals surface area (Å²) in [5, 5.41) is 33.7. The van der Waals surface area contributed by atoms with Crippen LogP contribution in [0.4, 0.5) is 5.69 Å². The largest absolute Gasteiger partial charge is 0.508 e. The van der Waals surface area contributed by atoms with Crippen molar-refractivity contribution < 1.29 is 15.1 Å². The maximum atomic E-state index is 10.7. The van der Waals surface area contributed by atoms with E-state index in [0.29, 0.717) is 24.4 Å². The van der Waals surface area contributed by atoms with E-state index in [1.54, 1.807) is 6.92 Å². The number of non-ortho nitro benzene ring substituents is 1. The second-order valence-corrected chi connectivity index (χ2v) is 6.10. The number of nitrogens with zero attached hydrogens (tertiary/aromatic N) is 1. The molecule has 0 heterocycles. The molecule has 0 saturated carbocycles. The van der Waals surface area contributed by atoms with Crippen molar-refractivity contribution in [3.63, 3.8) is 0 Å². The molecule has 0 bridgehead atoms. The molecule has 0 aromatic heterocycles. The number of hydrogen-bond donors (Lipinski definition) is 3. The van der Waals surface area contributed by atoms with Crippen LogP contribution in [0.15, 0.2) is 18.2 Å². The summed E-state index contributed by atoms with van der Waals surface area (Å²) < 4.78 is 0. The summed E-state index contributed by atoms with van der Waals surface area (Å²) in [6.45, 7) is 6.60. The van der Waals surface area contributed by atoms with E-state index in [2.05, 4.69) is 19.2 Å². The molecule has 1 aromatic rings. The third-order valence-corrected chi connectivity index (χ3v) is 3.36. The Hall–Kier alpha value is -1.66. The second-order valence-electron chi connectivity index (χ2n) is 6.10. The summed E-state index contributed by atoms with van der Waals surface area (Å²) in [5.41, 5.74) is -0.444. The Bertz CT molecular complexity index is 487. The number of nitrogens with one attached hydrogen (secondary N) is 1. The van der Waals surface area contributed by atoms with Crippen molar-refractivity contribution in [2.45, 2.75) is 45.8 Å². The highest BCUT2D eigenvalue weighted by atomic mass is 16.6. The Morgan fingerprint density at radius 2 is 2.10 bits per heavy atom. The van der Waals surface area contributed by atoms with Crippen LogP contribution in [0.3, 0.4) is 0 Å². The van der Waals surface area contributed by atoms with Gasteiger partial charge in [-0.2, -0.15) is 0 Å². The van der Waals surface area contributed by atoms with Crippen LogP contribution < -0.4 is 5.32 Å². The molecule has 3 N–H and O–H groups in total. The van der Waals surface area contributed by atoms with Crippen LogP contribution in [0.1, 0.15) is 39.2 Å². The number of nitro groups is 1. The number of aliphatic hydroxyl groups is 1. The Balaban J connectivity index is 2.55. The third-order valence-electron chi connectivity index (χ3n) is 3.36. The first kappa shape index (κ1) is 17.4. The summed E-state index contributed by atoms with van der Waals surface area (Å²) in [7, 11) is 0. The minimum Gasteiger partial charge on any atom is -0.508 e. The normalized spacial score (nSPS) is 14.1. The summed E-state index contributed by atoms with van der Waals surface area (Å²) in [5.74, 6) is 0.534. The SMILES string of the molecule is CC(C)CCC(C)(O)CNCc1cc([N+](=O)[O-])ccc1O. The summed E-state index contributed by atoms with van der Waals surface area (Å²) in [6.07, 6.45) is 1.61. The van der Waals surface area contributed by atoms with Crippen molar-refractivity contribution >= 4 is 5.69 Å². The first-order valence-electron chi connectivity index (χ1n) is 7.10. The number of hydrogen-bond acceptors (Lipinski definition) is 5. The van der Waals surface area contributed by atoms with Gasteiger partial charge in [-0.25, -0.2) is 0 Å². The minimum absolute atomic E-state index is 0.00919. The van der Waals surface area contributed by atoms with Crippen LogP contribution in [0.2, 0.25) is 0 Å². The summed E-state index contributed by atoms with van der Waals surface area (Å²) in [6, 6.07) is 3.91. The molecule has 0 radical (unpaired) electrons. The highest BCUT2D eigenvalue weighted by Gasteiger charge is 2.20. The van der Waals surface area contributed by atoms with Gasteiger partial charge in [0.25, 0.3) is 5.69 Å². The maximum absolute atomic E-state index is 10.7. The molecule has 6 heteroatoms. The number of phenols is 1. The molecule has 0 fully saturated rings. The van der Waals surface area contributed by atoms with E-state index < -0.39 is 10.5 Å². The van der Waals surface area contributed by atoms with E-state index in [0.717, 1.165) is 6.42 Å². The quantitative estimate of drug-likeness (QED) is 0.506. The molecule has 0 aliphatic rings. The average Bonchev–Trinajstić information content (AvgIpc) is 2.38. The standard InChI is InChI=1S/C15H24N2O4/c1-11(2)6-7-15(3,19)10-16-9-12-8-13(17(20)21)4-5-14(12)18/h4-5,8,11,16,18-19H,6-7,9-10H2,1-3H3. The molecule has 1 atom stereocenters. The van der Waals surface area contributed by atoms with Gasteiger partial charge in [-0.05, 0) is 31.7 Å². The van der Waals surface area contributed by atoms with Crippen molar-refractivity contribution in [3.8, 4) is 5.75 Å². The monoisotopic (exact) mass is 296 g/mol. The highest BCUT2D eigenvalue weighted by Crippen LogP contribution is 2.23. The van der Waals surface area contributed by atoms with Crippen molar-refractivity contribution in [1.82, 2.24) is 5.32 Å². The molecule has 0 saturated heterocycles. The fraction of sp³-hybridized carbons (Fsp3) is 0.600. The number of rotatable bonds is 8. The molecule has 1 rings (SSSR count). The van der Waals surface area contributed by atoms with E-state index in [9.17, 15) is 20.3 Å². The molecule has 0 amide bonds. The lowest BCUT2D eigenvalue weighted by molar-refractivity contribution is -0.384. The predicted molar refractivity (Wildman–Crippen MR) is 81.2 cm³/mol. The first-order chi connectivity index (χ1) is 9.71. The molecule has 1 aromatic carbocycles. The van der Waals surface area contributed by atoms with Gasteiger partial charge < -0.3 is 15.5 Å². The van der Waals surface area contributed by atoms with Crippen molar-refractivity contribution in [3.05, 3.63) is 33.9 Å². The molecular weight excluding hydrogens is 272 g/mol. The molecule has 0 aliphatic heterocycles. The number of nitro benzene ring substituents is 1. The van der Waals surface area contributed by atoms with Gasteiger partial charge in [0, 0.05) is 30.8 Å². The number of aromatic hydroxyl groups is 1. The van der Waals surface area contributed by atoms with Gasteiger partial charge >= 0.3 is 0 Å². The van der Waals surface area contributed by atoms with Crippen LogP contribution in [-0.2, 0) is 6.54 Å². The van der Waals surface area contributed by atoms with Crippen LogP contribution in [0.5, 0.6) is 5.75 Å². The Morgan fingerprint density at radius 1 is 1.43 bits per heavy atom. The molecular formula is C15H24N2O4. The summed E-state index contributed by atoms with van der Waals surface area (Å²) >= 11 is 0. The van der Waals surface area contributed by atoms with Gasteiger partial charge in [-0.15, -0.1) is 0 Å². The zero-order valence-corrected chi connectivity index (χ0v) is 12.8. The first-order valence-corrected chi connectivity index (χ1v) is 7.10. The van der Waals surface area contributed by atoms with Gasteiger partial charge in [-0.3, -0.25) is 10.1 Å². The molecule has 0 aliphatic carbocycles. The van der Waals surface area contributed by atoms with E-state index in [-0.39, 0.29) is 18.0 Å². The molecule has 0 spiro atoms. The predicted octanol–water partition coefficient (Wildman–Crippen LogP) is 2.58. The fourth-order valence-electron chi connectivity index (χ4n) is 1.98. The van der Waals surface area contributed by atoms with E-state index in [1.165, 1.54) is 18.2 Å². The molecule has 21 heavy (non-hydrogen) atoms. The maximum Gasteiger partial charge on any atom is 0.270 e. The Kier molecular flexibility index (Phi) is 6.11. The lowest BCUT2D eigenvalue weighted by Crippen LogP contribution is -2.37. The minimum atomic E-state index is -0.833. The third kappa shape index (κ3) is 6.10. The van der Waals surface area contributed by atoms with Gasteiger partial charge in [0.1, 0.15) is 5.75 Å². The van der Waals surface area contributed by atoms with Gasteiger partial charge in [-0.1, -0.05) is 13.8 Å². The highest BCUT2D eigenvalue weighted by molar-refractivity contribution is 5.42.